The average Bonchev–Trinajstić information content (AvgIpc) is 3.39. The molecule has 9 heteroatoms. The van der Waals surface area contributed by atoms with Gasteiger partial charge in [0, 0.05) is 31.6 Å². The molecule has 0 unspecified atom stereocenters. The van der Waals surface area contributed by atoms with Crippen LogP contribution in [-0.4, -0.2) is 44.6 Å². The first-order valence-electron chi connectivity index (χ1n) is 11.8. The van der Waals surface area contributed by atoms with Crippen molar-refractivity contribution < 1.29 is 8.42 Å². The summed E-state index contributed by atoms with van der Waals surface area (Å²) in [5, 5.41) is 6.35. The van der Waals surface area contributed by atoms with E-state index in [1.165, 1.54) is 11.3 Å². The highest BCUT2D eigenvalue weighted by atomic mass is 32.2. The molecule has 0 atom stereocenters. The Bertz CT molecular complexity index is 1140. The zero-order valence-electron chi connectivity index (χ0n) is 19.3. The summed E-state index contributed by atoms with van der Waals surface area (Å²) in [4.78, 5) is 11.9. The number of anilines is 2. The van der Waals surface area contributed by atoms with E-state index in [0.29, 0.717) is 28.5 Å². The van der Waals surface area contributed by atoms with Crippen molar-refractivity contribution in [1.29, 1.82) is 0 Å². The van der Waals surface area contributed by atoms with Crippen molar-refractivity contribution in [3.8, 4) is 0 Å². The quantitative estimate of drug-likeness (QED) is 0.430. The summed E-state index contributed by atoms with van der Waals surface area (Å²) in [7, 11) is -3.37. The molecule has 4 rings (SSSR count). The lowest BCUT2D eigenvalue weighted by Gasteiger charge is -2.29. The van der Waals surface area contributed by atoms with Gasteiger partial charge in [0.15, 0.2) is 0 Å². The maximum atomic E-state index is 12.3. The Morgan fingerprint density at radius 2 is 1.67 bits per heavy atom. The molecule has 178 valence electrons. The van der Waals surface area contributed by atoms with Gasteiger partial charge >= 0.3 is 0 Å². The number of para-hydroxylation sites is 1. The van der Waals surface area contributed by atoms with Crippen LogP contribution >= 0.6 is 11.3 Å². The third kappa shape index (κ3) is 5.83. The zero-order valence-corrected chi connectivity index (χ0v) is 21.0. The van der Waals surface area contributed by atoms with Crippen LogP contribution in [0.4, 0.5) is 11.8 Å². The Morgan fingerprint density at radius 1 is 0.970 bits per heavy atom. The van der Waals surface area contributed by atoms with Gasteiger partial charge in [0.25, 0.3) is 0 Å². The van der Waals surface area contributed by atoms with Crippen LogP contribution in [0.25, 0.3) is 10.9 Å². The molecule has 2 heterocycles. The molecule has 1 saturated carbocycles. The van der Waals surface area contributed by atoms with Crippen molar-refractivity contribution in [2.75, 3.05) is 36.4 Å². The number of rotatable bonds is 10. The third-order valence-electron chi connectivity index (χ3n) is 6.48. The zero-order chi connectivity index (χ0) is 23.3. The molecule has 1 aliphatic rings. The highest BCUT2D eigenvalue weighted by Gasteiger charge is 2.24. The summed E-state index contributed by atoms with van der Waals surface area (Å²) in [6.45, 7) is 7.44. The number of hydrogen-bond donors (Lipinski definition) is 2. The lowest BCUT2D eigenvalue weighted by atomic mass is 9.82. The maximum absolute atomic E-state index is 12.3. The van der Waals surface area contributed by atoms with Crippen LogP contribution in [0.2, 0.25) is 0 Å². The molecular weight excluding hydrogens is 454 g/mol. The SMILES string of the molecule is CCN(CC)c1nc(NCC2CCC(CNS(=O)(=O)c3cccs3)CC2)nc2ccccc12. The molecule has 2 N–H and O–H groups in total. The van der Waals surface area contributed by atoms with Crippen LogP contribution < -0.4 is 14.9 Å². The van der Waals surface area contributed by atoms with Gasteiger partial charge in [-0.05, 0) is 74.9 Å². The molecule has 2 aromatic heterocycles. The summed E-state index contributed by atoms with van der Waals surface area (Å²) in [6.07, 6.45) is 4.22. The number of thiophene rings is 1. The second-order valence-corrected chi connectivity index (χ2v) is 11.6. The van der Waals surface area contributed by atoms with Crippen LogP contribution in [0.3, 0.4) is 0 Å². The molecule has 0 bridgehead atoms. The van der Waals surface area contributed by atoms with Crippen LogP contribution in [-0.2, 0) is 10.0 Å². The minimum Gasteiger partial charge on any atom is -0.356 e. The van der Waals surface area contributed by atoms with Gasteiger partial charge in [-0.3, -0.25) is 0 Å². The van der Waals surface area contributed by atoms with Gasteiger partial charge in [-0.25, -0.2) is 18.1 Å². The standard InChI is InChI=1S/C24H33N5O2S2/c1-3-29(4-2)23-20-8-5-6-9-21(20)27-24(28-23)25-16-18-11-13-19(14-12-18)17-26-33(30,31)22-10-7-15-32-22/h5-10,15,18-19,26H,3-4,11-14,16-17H2,1-2H3,(H,25,27,28). The van der Waals surface area contributed by atoms with Gasteiger partial charge in [0.1, 0.15) is 10.0 Å². The molecular formula is C24H33N5O2S2. The van der Waals surface area contributed by atoms with E-state index in [2.05, 4.69) is 34.9 Å². The number of nitrogens with zero attached hydrogens (tertiary/aromatic N) is 3. The molecule has 1 aliphatic carbocycles. The molecule has 0 saturated heterocycles. The number of sulfonamides is 1. The van der Waals surface area contributed by atoms with Crippen molar-refractivity contribution in [3.63, 3.8) is 0 Å². The largest absolute Gasteiger partial charge is 0.356 e. The van der Waals surface area contributed by atoms with Gasteiger partial charge in [-0.15, -0.1) is 11.3 Å². The molecule has 0 amide bonds. The summed E-state index contributed by atoms with van der Waals surface area (Å²) in [6, 6.07) is 11.6. The van der Waals surface area contributed by atoms with Crippen molar-refractivity contribution in [3.05, 3.63) is 41.8 Å². The molecule has 1 aromatic carbocycles. The first-order valence-corrected chi connectivity index (χ1v) is 14.1. The predicted molar refractivity (Wildman–Crippen MR) is 137 cm³/mol. The van der Waals surface area contributed by atoms with Gasteiger partial charge < -0.3 is 10.2 Å². The van der Waals surface area contributed by atoms with Crippen molar-refractivity contribution in [2.45, 2.75) is 43.7 Å². The minimum atomic E-state index is -3.37. The van der Waals surface area contributed by atoms with Crippen molar-refractivity contribution in [1.82, 2.24) is 14.7 Å². The van der Waals surface area contributed by atoms with Gasteiger partial charge in [-0.2, -0.15) is 4.98 Å². The molecule has 0 spiro atoms. The number of hydrogen-bond acceptors (Lipinski definition) is 7. The number of nitrogens with one attached hydrogen (secondary N) is 2. The van der Waals surface area contributed by atoms with Crippen LogP contribution in [0, 0.1) is 11.8 Å². The van der Waals surface area contributed by atoms with E-state index in [1.54, 1.807) is 17.5 Å². The smallest absolute Gasteiger partial charge is 0.250 e. The van der Waals surface area contributed by atoms with E-state index >= 15 is 0 Å². The Hall–Kier alpha value is -2.23. The van der Waals surface area contributed by atoms with E-state index in [0.717, 1.165) is 62.0 Å². The second-order valence-electron chi connectivity index (χ2n) is 8.61. The fraction of sp³-hybridized carbons (Fsp3) is 0.500. The average molecular weight is 488 g/mol. The van der Waals surface area contributed by atoms with Crippen molar-refractivity contribution in [2.24, 2.45) is 11.8 Å². The second kappa shape index (κ2) is 10.8. The molecule has 3 aromatic rings. The maximum Gasteiger partial charge on any atom is 0.250 e. The Labute approximate surface area is 200 Å². The molecule has 0 radical (unpaired) electrons. The highest BCUT2D eigenvalue weighted by molar-refractivity contribution is 7.91. The first-order chi connectivity index (χ1) is 16.0. The predicted octanol–water partition coefficient (Wildman–Crippen LogP) is 4.73. The van der Waals surface area contributed by atoms with E-state index in [1.807, 2.05) is 18.2 Å². The number of benzene rings is 1. The van der Waals surface area contributed by atoms with E-state index in [9.17, 15) is 8.42 Å². The topological polar surface area (TPSA) is 87.2 Å². The normalized spacial score (nSPS) is 19.0. The van der Waals surface area contributed by atoms with Crippen molar-refractivity contribution >= 4 is 44.0 Å². The monoisotopic (exact) mass is 487 g/mol. The Morgan fingerprint density at radius 3 is 2.33 bits per heavy atom. The lowest BCUT2D eigenvalue weighted by Crippen LogP contribution is -2.32. The molecule has 7 nitrogen and oxygen atoms in total. The summed E-state index contributed by atoms with van der Waals surface area (Å²) in [5.41, 5.74) is 0.957. The number of aromatic nitrogens is 2. The molecule has 1 fully saturated rings. The third-order valence-corrected chi connectivity index (χ3v) is 9.30. The van der Waals surface area contributed by atoms with E-state index in [4.69, 9.17) is 9.97 Å². The molecule has 33 heavy (non-hydrogen) atoms. The fourth-order valence-corrected chi connectivity index (χ4v) is 6.65. The molecule has 0 aliphatic heterocycles. The van der Waals surface area contributed by atoms with Gasteiger partial charge in [-0.1, -0.05) is 18.2 Å². The van der Waals surface area contributed by atoms with Gasteiger partial charge in [0.05, 0.1) is 5.52 Å². The lowest BCUT2D eigenvalue weighted by molar-refractivity contribution is 0.284. The Balaban J connectivity index is 1.32. The van der Waals surface area contributed by atoms with Gasteiger partial charge in [0.2, 0.25) is 16.0 Å². The summed E-state index contributed by atoms with van der Waals surface area (Å²) < 4.78 is 27.9. The minimum absolute atomic E-state index is 0.389. The fourth-order valence-electron chi connectivity index (χ4n) is 4.49. The van der Waals surface area contributed by atoms with E-state index < -0.39 is 10.0 Å². The van der Waals surface area contributed by atoms with Crippen LogP contribution in [0.5, 0.6) is 0 Å². The van der Waals surface area contributed by atoms with Crippen LogP contribution in [0.1, 0.15) is 39.5 Å². The summed E-state index contributed by atoms with van der Waals surface area (Å²) >= 11 is 1.25. The Kier molecular flexibility index (Phi) is 7.82. The highest BCUT2D eigenvalue weighted by Crippen LogP contribution is 2.30. The first kappa shape index (κ1) is 23.9. The van der Waals surface area contributed by atoms with Crippen LogP contribution in [0.15, 0.2) is 46.0 Å². The number of fused-ring (bicyclic) bond motifs is 1. The van der Waals surface area contributed by atoms with E-state index in [-0.39, 0.29) is 0 Å². The summed E-state index contributed by atoms with van der Waals surface area (Å²) in [5.74, 6) is 2.60.